The molecule has 1 unspecified atom stereocenters. The third-order valence-electron chi connectivity index (χ3n) is 3.80. The van der Waals surface area contributed by atoms with Crippen LogP contribution >= 0.6 is 0 Å². The second kappa shape index (κ2) is 6.57. The predicted molar refractivity (Wildman–Crippen MR) is 92.3 cm³/mol. The molecule has 0 aliphatic carbocycles. The molecule has 1 aliphatic heterocycles. The van der Waals surface area contributed by atoms with Crippen LogP contribution in [-0.4, -0.2) is 33.3 Å². The number of esters is 1. The molecule has 1 atom stereocenters. The molecule has 1 aliphatic rings. The fourth-order valence-corrected chi connectivity index (χ4v) is 3.28. The van der Waals surface area contributed by atoms with Gasteiger partial charge in [-0.3, -0.25) is 0 Å². The van der Waals surface area contributed by atoms with E-state index in [-0.39, 0.29) is 12.0 Å². The Balaban J connectivity index is 2.08. The number of hydrogen-bond acceptors (Lipinski definition) is 4. The van der Waals surface area contributed by atoms with Crippen LogP contribution in [0.4, 0.5) is 0 Å². The number of carbonyl (C=O) groups excluding carboxylic acids is 1. The Morgan fingerprint density at radius 1 is 1.26 bits per heavy atom. The van der Waals surface area contributed by atoms with Crippen LogP contribution in [0, 0.1) is 0 Å². The number of nitrogens with zero attached hydrogens (tertiary/aromatic N) is 1. The van der Waals surface area contributed by atoms with E-state index in [1.807, 2.05) is 25.1 Å². The van der Waals surface area contributed by atoms with Gasteiger partial charge in [0.25, 0.3) is 0 Å². The van der Waals surface area contributed by atoms with Crippen molar-refractivity contribution in [2.45, 2.75) is 19.9 Å². The summed E-state index contributed by atoms with van der Waals surface area (Å²) in [6.07, 6.45) is 0. The molecule has 0 spiro atoms. The molecule has 1 radical (unpaired) electrons. The van der Waals surface area contributed by atoms with Gasteiger partial charge in [-0.25, -0.2) is 0 Å². The molecule has 5 heteroatoms. The maximum absolute atomic E-state index is 12.4. The van der Waals surface area contributed by atoms with Gasteiger partial charge in [-0.05, 0) is 0 Å². The molecule has 1 heterocycles. The first-order chi connectivity index (χ1) is 11.1. The van der Waals surface area contributed by atoms with E-state index in [1.54, 1.807) is 6.92 Å². The standard InChI is InChI=1S/C18H17N2O2Se/c1-3-22-17(21)15-11(2)19-18(23)20-16(15)14-9-8-12-6-4-5-7-13(12)10-14/h4-10,16H,3H2,1-2H3,(H,19,20). The molecule has 0 fully saturated rings. The van der Waals surface area contributed by atoms with E-state index in [9.17, 15) is 4.79 Å². The van der Waals surface area contributed by atoms with Gasteiger partial charge in [-0.15, -0.1) is 0 Å². The van der Waals surface area contributed by atoms with Gasteiger partial charge in [-0.1, -0.05) is 0 Å². The average Bonchev–Trinajstić information content (AvgIpc) is 2.53. The summed E-state index contributed by atoms with van der Waals surface area (Å²) in [5.41, 5.74) is 2.30. The summed E-state index contributed by atoms with van der Waals surface area (Å²) in [4.78, 5) is 16.9. The second-order valence-corrected chi connectivity index (χ2v) is 6.14. The molecule has 2 aromatic carbocycles. The maximum atomic E-state index is 12.4. The molecule has 0 amide bonds. The van der Waals surface area contributed by atoms with Gasteiger partial charge in [0.15, 0.2) is 0 Å². The van der Waals surface area contributed by atoms with Crippen LogP contribution in [0.25, 0.3) is 10.8 Å². The minimum atomic E-state index is -0.365. The monoisotopic (exact) mass is 373 g/mol. The van der Waals surface area contributed by atoms with E-state index in [0.29, 0.717) is 16.9 Å². The zero-order chi connectivity index (χ0) is 16.4. The van der Waals surface area contributed by atoms with E-state index in [1.165, 1.54) is 0 Å². The summed E-state index contributed by atoms with van der Waals surface area (Å²) < 4.78 is 5.88. The van der Waals surface area contributed by atoms with Crippen LogP contribution in [0.2, 0.25) is 0 Å². The van der Waals surface area contributed by atoms with Crippen molar-refractivity contribution >= 4 is 37.5 Å². The molecule has 23 heavy (non-hydrogen) atoms. The average molecular weight is 372 g/mol. The molecule has 2 aromatic rings. The van der Waals surface area contributed by atoms with Gasteiger partial charge in [0.2, 0.25) is 0 Å². The van der Waals surface area contributed by atoms with Crippen molar-refractivity contribution in [1.29, 1.82) is 0 Å². The third kappa shape index (κ3) is 3.16. The number of aliphatic imine (C=N–C) groups is 1. The van der Waals surface area contributed by atoms with E-state index < -0.39 is 0 Å². The van der Waals surface area contributed by atoms with E-state index >= 15 is 0 Å². The van der Waals surface area contributed by atoms with Crippen LogP contribution in [0.3, 0.4) is 0 Å². The number of amidine groups is 1. The van der Waals surface area contributed by atoms with E-state index in [0.717, 1.165) is 22.0 Å². The van der Waals surface area contributed by atoms with Gasteiger partial charge < -0.3 is 0 Å². The zero-order valence-corrected chi connectivity index (χ0v) is 14.7. The summed E-state index contributed by atoms with van der Waals surface area (Å²) in [5, 5.41) is 5.37. The summed E-state index contributed by atoms with van der Waals surface area (Å²) in [5.74, 6) is -0.327. The van der Waals surface area contributed by atoms with Crippen LogP contribution in [-0.2, 0) is 9.53 Å². The quantitative estimate of drug-likeness (QED) is 0.666. The molecular weight excluding hydrogens is 355 g/mol. The van der Waals surface area contributed by atoms with Gasteiger partial charge in [-0.2, -0.15) is 0 Å². The van der Waals surface area contributed by atoms with Gasteiger partial charge in [0.1, 0.15) is 0 Å². The van der Waals surface area contributed by atoms with Crippen molar-refractivity contribution in [2.75, 3.05) is 6.61 Å². The Kier molecular flexibility index (Phi) is 4.51. The number of fused-ring (bicyclic) bond motifs is 1. The summed E-state index contributed by atoms with van der Waals surface area (Å²) >= 11 is 2.89. The number of benzene rings is 2. The Hall–Kier alpha value is -2.10. The molecule has 4 nitrogen and oxygen atoms in total. The number of allylic oxidation sites excluding steroid dienone is 1. The van der Waals surface area contributed by atoms with Crippen LogP contribution in [0.5, 0.6) is 0 Å². The molecule has 0 saturated heterocycles. The fourth-order valence-electron chi connectivity index (χ4n) is 2.74. The first-order valence-corrected chi connectivity index (χ1v) is 8.34. The second-order valence-electron chi connectivity index (χ2n) is 5.33. The van der Waals surface area contributed by atoms with Gasteiger partial charge in [0, 0.05) is 0 Å². The van der Waals surface area contributed by atoms with Crippen LogP contribution < -0.4 is 5.32 Å². The van der Waals surface area contributed by atoms with Crippen molar-refractivity contribution in [2.24, 2.45) is 4.99 Å². The molecular formula is C18H17N2O2Se. The van der Waals surface area contributed by atoms with E-state index in [4.69, 9.17) is 4.74 Å². The summed E-state index contributed by atoms with van der Waals surface area (Å²) in [7, 11) is 0. The molecule has 117 valence electrons. The molecule has 1 N–H and O–H groups in total. The molecule has 0 saturated carbocycles. The summed E-state index contributed by atoms with van der Waals surface area (Å²) in [6, 6.07) is 13.9. The van der Waals surface area contributed by atoms with Crippen molar-refractivity contribution in [3.05, 3.63) is 59.3 Å². The minimum absolute atomic E-state index is 0.327. The number of ether oxygens (including phenoxy) is 1. The Morgan fingerprint density at radius 2 is 2.00 bits per heavy atom. The van der Waals surface area contributed by atoms with E-state index in [2.05, 4.69) is 50.6 Å². The van der Waals surface area contributed by atoms with Crippen LogP contribution in [0.15, 0.2) is 58.7 Å². The van der Waals surface area contributed by atoms with Crippen molar-refractivity contribution in [3.8, 4) is 0 Å². The number of hydrogen-bond donors (Lipinski definition) is 1. The summed E-state index contributed by atoms with van der Waals surface area (Å²) in [6.45, 7) is 4.01. The number of nitrogens with one attached hydrogen (secondary N) is 1. The SMILES string of the molecule is CCOC(=O)C1=C(C)NC([Se])=NC1c1ccc2ccccc2c1. The Labute approximate surface area is 143 Å². The zero-order valence-electron chi connectivity index (χ0n) is 13.0. The van der Waals surface area contributed by atoms with Crippen molar-refractivity contribution in [3.63, 3.8) is 0 Å². The Morgan fingerprint density at radius 3 is 2.74 bits per heavy atom. The Bertz CT molecular complexity index is 827. The number of rotatable bonds is 3. The molecule has 3 rings (SSSR count). The van der Waals surface area contributed by atoms with Crippen molar-refractivity contribution in [1.82, 2.24) is 5.32 Å². The first kappa shape index (κ1) is 15.8. The number of carbonyl (C=O) groups is 1. The molecule has 0 bridgehead atoms. The van der Waals surface area contributed by atoms with Crippen molar-refractivity contribution < 1.29 is 9.53 Å². The van der Waals surface area contributed by atoms with Gasteiger partial charge >= 0.3 is 143 Å². The fraction of sp³-hybridized carbons (Fsp3) is 0.222. The normalized spacial score (nSPS) is 17.7. The topological polar surface area (TPSA) is 50.7 Å². The predicted octanol–water partition coefficient (Wildman–Crippen LogP) is 2.85. The first-order valence-electron chi connectivity index (χ1n) is 7.48. The third-order valence-corrected chi connectivity index (χ3v) is 4.24. The van der Waals surface area contributed by atoms with Crippen LogP contribution in [0.1, 0.15) is 25.5 Å². The van der Waals surface area contributed by atoms with Gasteiger partial charge in [0.05, 0.1) is 0 Å². The molecule has 0 aromatic heterocycles.